The fraction of sp³-hybridized carbons (Fsp3) is 0.387. The third kappa shape index (κ3) is 5.54. The average Bonchev–Trinajstić information content (AvgIpc) is 2.74. The molecule has 0 fully saturated rings. The molecule has 3 aromatic carbocycles. The first-order valence-electron chi connectivity index (χ1n) is 12.6. The van der Waals surface area contributed by atoms with Crippen LogP contribution in [0.1, 0.15) is 90.8 Å². The molecule has 4 nitrogen and oxygen atoms in total. The summed E-state index contributed by atoms with van der Waals surface area (Å²) < 4.78 is 28.5. The summed E-state index contributed by atoms with van der Waals surface area (Å²) in [4.78, 5) is 14.1. The van der Waals surface area contributed by atoms with Crippen molar-refractivity contribution in [2.45, 2.75) is 79.6 Å². The third-order valence-corrected chi connectivity index (χ3v) is 8.96. The van der Waals surface area contributed by atoms with Crippen LogP contribution in [0.15, 0.2) is 42.5 Å². The van der Waals surface area contributed by atoms with Crippen molar-refractivity contribution in [1.82, 2.24) is 0 Å². The van der Waals surface area contributed by atoms with Crippen molar-refractivity contribution in [2.75, 3.05) is 0 Å². The Bertz CT molecular complexity index is 1380. The number of halogens is 1. The van der Waals surface area contributed by atoms with Crippen molar-refractivity contribution < 1.29 is 18.4 Å². The molecule has 0 saturated heterocycles. The molecule has 0 atom stereocenters. The fourth-order valence-electron chi connectivity index (χ4n) is 4.85. The number of rotatable bonds is 2. The molecule has 0 radical (unpaired) electrons. The second-order valence-corrected chi connectivity index (χ2v) is 15.2. The lowest BCUT2D eigenvalue weighted by atomic mass is 9.81. The molecule has 4 rings (SSSR count). The van der Waals surface area contributed by atoms with Crippen molar-refractivity contribution in [3.63, 3.8) is 0 Å². The van der Waals surface area contributed by atoms with Gasteiger partial charge in [-0.05, 0) is 89.1 Å². The van der Waals surface area contributed by atoms with Crippen LogP contribution in [0.3, 0.4) is 0 Å². The first-order valence-corrected chi connectivity index (χ1v) is 15.2. The highest BCUT2D eigenvalue weighted by molar-refractivity contribution is 14.1. The Labute approximate surface area is 234 Å². The Hall–Kier alpha value is -2.11. The monoisotopic (exact) mass is 630 g/mol. The van der Waals surface area contributed by atoms with Crippen LogP contribution < -0.4 is 9.05 Å². The predicted octanol–water partition coefficient (Wildman–Crippen LogP) is 9.21. The zero-order valence-electron chi connectivity index (χ0n) is 23.2. The highest BCUT2D eigenvalue weighted by atomic mass is 127. The molecule has 196 valence electrons. The molecule has 0 unspecified atom stereocenters. The maximum atomic E-state index is 14.8. The van der Waals surface area contributed by atoms with Crippen molar-refractivity contribution in [3.8, 4) is 11.5 Å². The first kappa shape index (κ1) is 27.9. The summed E-state index contributed by atoms with van der Waals surface area (Å²) in [6, 6.07) is 13.7. The molecule has 0 bridgehead atoms. The van der Waals surface area contributed by atoms with E-state index in [0.29, 0.717) is 23.5 Å². The van der Waals surface area contributed by atoms with Crippen LogP contribution in [-0.4, -0.2) is 5.52 Å². The van der Waals surface area contributed by atoms with Gasteiger partial charge in [0.1, 0.15) is 11.5 Å². The molecule has 0 amide bonds. The number of carbonyl (C=O) groups is 1. The molecule has 0 aromatic heterocycles. The average molecular weight is 631 g/mol. The Kier molecular flexibility index (Phi) is 7.22. The van der Waals surface area contributed by atoms with Gasteiger partial charge in [0.25, 0.3) is 5.52 Å². The second-order valence-electron chi connectivity index (χ2n) is 12.2. The minimum atomic E-state index is -4.37. The van der Waals surface area contributed by atoms with Gasteiger partial charge in [-0.25, -0.2) is 4.57 Å². The second kappa shape index (κ2) is 9.57. The van der Waals surface area contributed by atoms with Crippen LogP contribution in [-0.2, 0) is 21.8 Å². The van der Waals surface area contributed by atoms with E-state index in [9.17, 15) is 9.36 Å². The van der Waals surface area contributed by atoms with Gasteiger partial charge in [0.15, 0.2) is 0 Å². The summed E-state index contributed by atoms with van der Waals surface area (Å²) in [7, 11) is -4.37. The van der Waals surface area contributed by atoms with E-state index in [1.165, 1.54) is 0 Å². The van der Waals surface area contributed by atoms with Gasteiger partial charge in [-0.3, -0.25) is 4.79 Å². The number of fused-ring (bicyclic) bond motifs is 2. The lowest BCUT2D eigenvalue weighted by molar-refractivity contribution is 0.104. The molecule has 1 heterocycles. The molecule has 0 spiro atoms. The van der Waals surface area contributed by atoms with Gasteiger partial charge in [-0.15, -0.1) is 0 Å². The van der Waals surface area contributed by atoms with Gasteiger partial charge in [-0.2, -0.15) is 0 Å². The van der Waals surface area contributed by atoms with Gasteiger partial charge in [0.05, 0.1) is 0 Å². The lowest BCUT2D eigenvalue weighted by Crippen LogP contribution is -2.22. The Balaban J connectivity index is 2.06. The molecule has 3 aromatic rings. The van der Waals surface area contributed by atoms with Crippen molar-refractivity contribution >= 4 is 35.7 Å². The molecule has 0 aliphatic carbocycles. The number of benzene rings is 3. The molecule has 6 heteroatoms. The lowest BCUT2D eigenvalue weighted by Gasteiger charge is -2.33. The van der Waals surface area contributed by atoms with E-state index in [0.717, 1.165) is 42.5 Å². The summed E-state index contributed by atoms with van der Waals surface area (Å²) >= 11 is 2.20. The van der Waals surface area contributed by atoms with Crippen LogP contribution in [0.5, 0.6) is 11.5 Å². The largest absolute Gasteiger partial charge is 0.503 e. The number of hydrogen-bond donors (Lipinski definition) is 0. The number of hydrogen-bond acceptors (Lipinski definition) is 4. The van der Waals surface area contributed by atoms with Crippen molar-refractivity contribution in [1.29, 1.82) is 0 Å². The van der Waals surface area contributed by atoms with Crippen molar-refractivity contribution in [3.05, 3.63) is 90.5 Å². The van der Waals surface area contributed by atoms with Crippen LogP contribution in [0, 0.1) is 24.3 Å². The van der Waals surface area contributed by atoms with E-state index in [2.05, 4.69) is 102 Å². The maximum absolute atomic E-state index is 14.8. The number of carbonyl (C=O) groups excluding carboxylic acids is 1. The van der Waals surface area contributed by atoms with Gasteiger partial charge >= 0.3 is 7.60 Å². The molecular formula is C31H36IO4P. The van der Waals surface area contributed by atoms with E-state index in [1.54, 1.807) is 6.07 Å². The molecule has 1 aliphatic heterocycles. The molecule has 0 saturated carbocycles. The number of aryl methyl sites for hydroxylation is 3. The quantitative estimate of drug-likeness (QED) is 0.209. The van der Waals surface area contributed by atoms with Crippen LogP contribution >= 0.6 is 30.2 Å². The minimum Gasteiger partial charge on any atom is -0.410 e. The van der Waals surface area contributed by atoms with Crippen molar-refractivity contribution in [2.24, 2.45) is 0 Å². The first-order chi connectivity index (χ1) is 17.0. The Morgan fingerprint density at radius 1 is 0.784 bits per heavy atom. The predicted molar refractivity (Wildman–Crippen MR) is 160 cm³/mol. The molecular weight excluding hydrogens is 594 g/mol. The Morgan fingerprint density at radius 2 is 1.24 bits per heavy atom. The van der Waals surface area contributed by atoms with E-state index >= 15 is 0 Å². The summed E-state index contributed by atoms with van der Waals surface area (Å²) in [5, 5.41) is 0. The summed E-state index contributed by atoms with van der Waals surface area (Å²) in [6.45, 7) is 18.5. The summed E-state index contributed by atoms with van der Waals surface area (Å²) in [5.41, 5.74) is 5.68. The molecule has 0 N–H and O–H groups in total. The highest BCUT2D eigenvalue weighted by Gasteiger charge is 2.44. The van der Waals surface area contributed by atoms with Gasteiger partial charge in [0, 0.05) is 26.7 Å². The molecule has 1 aliphatic rings. The zero-order valence-corrected chi connectivity index (χ0v) is 26.3. The van der Waals surface area contributed by atoms with E-state index in [4.69, 9.17) is 9.05 Å². The van der Waals surface area contributed by atoms with Crippen LogP contribution in [0.25, 0.3) is 0 Å². The van der Waals surface area contributed by atoms with E-state index in [-0.39, 0.29) is 10.8 Å². The van der Waals surface area contributed by atoms with Gasteiger partial charge in [-0.1, -0.05) is 76.9 Å². The van der Waals surface area contributed by atoms with Crippen LogP contribution in [0.4, 0.5) is 0 Å². The van der Waals surface area contributed by atoms with Gasteiger partial charge < -0.3 is 9.05 Å². The van der Waals surface area contributed by atoms with E-state index < -0.39 is 13.1 Å². The van der Waals surface area contributed by atoms with Crippen LogP contribution in [0.2, 0.25) is 0 Å². The standard InChI is InChI=1S/C31H36IO4P/c1-18-12-21-17-22-13-19(2)15-26(31(7,8)9)28(22)36-37(34,35-27(21)25(14-18)30(4,5)6)29(33)24-11-10-23(32)16-20(24)3/h10-16H,17H2,1-9H3. The highest BCUT2D eigenvalue weighted by Crippen LogP contribution is 2.58. The SMILES string of the molecule is Cc1cc2c(c(C(C)(C)C)c1)OP(=O)(C(=O)c1ccc(I)cc1C)Oc1c(cc(C)cc1C(C)(C)C)C2. The topological polar surface area (TPSA) is 52.6 Å². The minimum absolute atomic E-state index is 0.298. The summed E-state index contributed by atoms with van der Waals surface area (Å²) in [6.07, 6.45) is 0.553. The third-order valence-electron chi connectivity index (χ3n) is 6.71. The van der Waals surface area contributed by atoms with E-state index in [1.807, 2.05) is 19.1 Å². The zero-order chi connectivity index (χ0) is 27.5. The Morgan fingerprint density at radius 3 is 1.65 bits per heavy atom. The van der Waals surface area contributed by atoms with Gasteiger partial charge in [0.2, 0.25) is 0 Å². The fourth-order valence-corrected chi connectivity index (χ4v) is 7.16. The maximum Gasteiger partial charge on any atom is 0.503 e. The molecule has 37 heavy (non-hydrogen) atoms. The summed E-state index contributed by atoms with van der Waals surface area (Å²) in [5.74, 6) is 0.977. The smallest absolute Gasteiger partial charge is 0.410 e. The normalized spacial score (nSPS) is 15.0.